The zero-order valence-corrected chi connectivity index (χ0v) is 10.5. The normalized spacial score (nSPS) is 12.4. The Morgan fingerprint density at radius 1 is 0.750 bits per heavy atom. The first kappa shape index (κ1) is 10.5. The second-order valence-corrected chi connectivity index (χ2v) is 5.15. The molecule has 0 radical (unpaired) electrons. The van der Waals surface area contributed by atoms with Gasteiger partial charge in [0.1, 0.15) is 0 Å². The molecule has 2 aromatic rings. The SMILES string of the molecule is Clc1ccc2c(c1)Cc1cc(Cl)c(Cl)cc1-2. The van der Waals surface area contributed by atoms with Gasteiger partial charge in [-0.3, -0.25) is 0 Å². The number of hydrogen-bond donors (Lipinski definition) is 0. The fourth-order valence-electron chi connectivity index (χ4n) is 2.16. The summed E-state index contributed by atoms with van der Waals surface area (Å²) in [7, 11) is 0. The van der Waals surface area contributed by atoms with Crippen LogP contribution in [0.5, 0.6) is 0 Å². The van der Waals surface area contributed by atoms with E-state index < -0.39 is 0 Å². The molecule has 0 fully saturated rings. The first-order chi connectivity index (χ1) is 7.65. The molecule has 0 atom stereocenters. The topological polar surface area (TPSA) is 0 Å². The largest absolute Gasteiger partial charge is 0.0843 e. The van der Waals surface area contributed by atoms with Crippen molar-refractivity contribution in [2.45, 2.75) is 6.42 Å². The average molecular weight is 270 g/mol. The predicted octanol–water partition coefficient (Wildman–Crippen LogP) is 5.22. The minimum Gasteiger partial charge on any atom is -0.0843 e. The van der Waals surface area contributed by atoms with Gasteiger partial charge in [0.25, 0.3) is 0 Å². The minimum atomic E-state index is 0.600. The van der Waals surface area contributed by atoms with E-state index in [0.717, 1.165) is 11.4 Å². The molecular weight excluding hydrogens is 263 g/mol. The van der Waals surface area contributed by atoms with E-state index in [1.807, 2.05) is 30.3 Å². The van der Waals surface area contributed by atoms with Crippen LogP contribution in [-0.4, -0.2) is 0 Å². The third kappa shape index (κ3) is 1.53. The smallest absolute Gasteiger partial charge is 0.0598 e. The summed E-state index contributed by atoms with van der Waals surface area (Å²) in [6.45, 7) is 0. The molecule has 2 aromatic carbocycles. The highest BCUT2D eigenvalue weighted by atomic mass is 35.5. The summed E-state index contributed by atoms with van der Waals surface area (Å²) in [6.07, 6.45) is 0.877. The molecule has 0 bridgehead atoms. The van der Waals surface area contributed by atoms with Gasteiger partial charge >= 0.3 is 0 Å². The third-order valence-corrected chi connectivity index (χ3v) is 3.84. The van der Waals surface area contributed by atoms with Crippen molar-refractivity contribution in [2.24, 2.45) is 0 Å². The van der Waals surface area contributed by atoms with Crippen LogP contribution in [0.25, 0.3) is 11.1 Å². The molecular formula is C13H7Cl3. The monoisotopic (exact) mass is 268 g/mol. The van der Waals surface area contributed by atoms with Crippen LogP contribution in [0.2, 0.25) is 15.1 Å². The molecule has 3 heteroatoms. The van der Waals surface area contributed by atoms with Crippen LogP contribution in [0.15, 0.2) is 30.3 Å². The van der Waals surface area contributed by atoms with E-state index in [1.54, 1.807) is 0 Å². The Morgan fingerprint density at radius 3 is 2.25 bits per heavy atom. The fourth-order valence-corrected chi connectivity index (χ4v) is 2.71. The van der Waals surface area contributed by atoms with Gasteiger partial charge in [-0.15, -0.1) is 0 Å². The Balaban J connectivity index is 2.25. The lowest BCUT2D eigenvalue weighted by Gasteiger charge is -2.03. The quantitative estimate of drug-likeness (QED) is 0.525. The highest BCUT2D eigenvalue weighted by Crippen LogP contribution is 2.41. The summed E-state index contributed by atoms with van der Waals surface area (Å²) in [4.78, 5) is 0. The van der Waals surface area contributed by atoms with Crippen molar-refractivity contribution < 1.29 is 0 Å². The van der Waals surface area contributed by atoms with Gasteiger partial charge in [-0.05, 0) is 52.9 Å². The number of halogens is 3. The Hall–Kier alpha value is -0.690. The molecule has 0 aromatic heterocycles. The van der Waals surface area contributed by atoms with Gasteiger partial charge in [0, 0.05) is 5.02 Å². The van der Waals surface area contributed by atoms with E-state index in [0.29, 0.717) is 10.0 Å². The van der Waals surface area contributed by atoms with Gasteiger partial charge in [-0.2, -0.15) is 0 Å². The van der Waals surface area contributed by atoms with Crippen molar-refractivity contribution >= 4 is 34.8 Å². The molecule has 0 nitrogen and oxygen atoms in total. The maximum atomic E-state index is 6.03. The second-order valence-electron chi connectivity index (χ2n) is 3.90. The molecule has 0 N–H and O–H groups in total. The molecule has 0 heterocycles. The maximum absolute atomic E-state index is 6.03. The molecule has 1 aliphatic carbocycles. The molecule has 0 unspecified atom stereocenters. The highest BCUT2D eigenvalue weighted by Gasteiger charge is 2.19. The molecule has 0 amide bonds. The zero-order valence-electron chi connectivity index (χ0n) is 8.23. The van der Waals surface area contributed by atoms with Gasteiger partial charge in [0.05, 0.1) is 10.0 Å². The van der Waals surface area contributed by atoms with Crippen LogP contribution in [-0.2, 0) is 6.42 Å². The molecule has 0 saturated carbocycles. The van der Waals surface area contributed by atoms with Gasteiger partial charge in [-0.1, -0.05) is 40.9 Å². The van der Waals surface area contributed by atoms with E-state index >= 15 is 0 Å². The Morgan fingerprint density at radius 2 is 1.44 bits per heavy atom. The third-order valence-electron chi connectivity index (χ3n) is 2.88. The molecule has 0 saturated heterocycles. The number of benzene rings is 2. The summed E-state index contributed by atoms with van der Waals surface area (Å²) >= 11 is 18.0. The van der Waals surface area contributed by atoms with Crippen molar-refractivity contribution in [1.29, 1.82) is 0 Å². The Bertz CT molecular complexity index is 588. The van der Waals surface area contributed by atoms with Crippen LogP contribution < -0.4 is 0 Å². The Labute approximate surface area is 109 Å². The predicted molar refractivity (Wildman–Crippen MR) is 69.7 cm³/mol. The fraction of sp³-hybridized carbons (Fsp3) is 0.0769. The summed E-state index contributed by atoms with van der Waals surface area (Å²) in [5.41, 5.74) is 4.83. The van der Waals surface area contributed by atoms with E-state index in [1.165, 1.54) is 22.3 Å². The van der Waals surface area contributed by atoms with Crippen molar-refractivity contribution in [3.05, 3.63) is 56.5 Å². The van der Waals surface area contributed by atoms with Gasteiger partial charge in [-0.25, -0.2) is 0 Å². The molecule has 16 heavy (non-hydrogen) atoms. The maximum Gasteiger partial charge on any atom is 0.0598 e. The van der Waals surface area contributed by atoms with E-state index in [9.17, 15) is 0 Å². The first-order valence-corrected chi connectivity index (χ1v) is 6.05. The van der Waals surface area contributed by atoms with Gasteiger partial charge in [0.15, 0.2) is 0 Å². The van der Waals surface area contributed by atoms with Gasteiger partial charge in [0.2, 0.25) is 0 Å². The lowest BCUT2D eigenvalue weighted by molar-refractivity contribution is 1.26. The summed E-state index contributed by atoms with van der Waals surface area (Å²) in [6, 6.07) is 9.80. The number of rotatable bonds is 0. The lowest BCUT2D eigenvalue weighted by atomic mass is 10.1. The van der Waals surface area contributed by atoms with Crippen LogP contribution in [0.1, 0.15) is 11.1 Å². The van der Waals surface area contributed by atoms with E-state index in [4.69, 9.17) is 34.8 Å². The standard InChI is InChI=1S/C13H7Cl3/c14-9-1-2-10-7(4-9)3-8-5-12(15)13(16)6-11(8)10/h1-2,4-6H,3H2. The zero-order chi connectivity index (χ0) is 11.3. The van der Waals surface area contributed by atoms with Crippen LogP contribution in [0.3, 0.4) is 0 Å². The van der Waals surface area contributed by atoms with E-state index in [-0.39, 0.29) is 0 Å². The number of hydrogen-bond acceptors (Lipinski definition) is 0. The van der Waals surface area contributed by atoms with Crippen molar-refractivity contribution in [3.63, 3.8) is 0 Å². The first-order valence-electron chi connectivity index (χ1n) is 4.92. The molecule has 1 aliphatic rings. The van der Waals surface area contributed by atoms with Crippen LogP contribution in [0.4, 0.5) is 0 Å². The summed E-state index contributed by atoms with van der Waals surface area (Å²) < 4.78 is 0. The Kier molecular flexibility index (Phi) is 2.39. The molecule has 80 valence electrons. The summed E-state index contributed by atoms with van der Waals surface area (Å²) in [5.74, 6) is 0. The molecule has 0 spiro atoms. The average Bonchev–Trinajstić information content (AvgIpc) is 2.55. The highest BCUT2D eigenvalue weighted by molar-refractivity contribution is 6.42. The molecule has 3 rings (SSSR count). The summed E-state index contributed by atoms with van der Waals surface area (Å²) in [5, 5.41) is 1.98. The molecule has 0 aliphatic heterocycles. The van der Waals surface area contributed by atoms with Crippen molar-refractivity contribution in [1.82, 2.24) is 0 Å². The van der Waals surface area contributed by atoms with Crippen molar-refractivity contribution in [2.75, 3.05) is 0 Å². The number of fused-ring (bicyclic) bond motifs is 3. The van der Waals surface area contributed by atoms with E-state index in [2.05, 4.69) is 0 Å². The second kappa shape index (κ2) is 3.66. The van der Waals surface area contributed by atoms with Gasteiger partial charge < -0.3 is 0 Å². The lowest BCUT2D eigenvalue weighted by Crippen LogP contribution is -1.80. The minimum absolute atomic E-state index is 0.600. The van der Waals surface area contributed by atoms with Crippen LogP contribution >= 0.6 is 34.8 Å². The van der Waals surface area contributed by atoms with Crippen molar-refractivity contribution in [3.8, 4) is 11.1 Å². The van der Waals surface area contributed by atoms with Crippen LogP contribution in [0, 0.1) is 0 Å².